The van der Waals surface area contributed by atoms with Gasteiger partial charge in [-0.3, -0.25) is 19.0 Å². The first-order valence-corrected chi connectivity index (χ1v) is 11.8. The highest BCUT2D eigenvalue weighted by molar-refractivity contribution is 5.91. The van der Waals surface area contributed by atoms with E-state index in [0.717, 1.165) is 10.1 Å². The molecule has 0 bridgehead atoms. The lowest BCUT2D eigenvalue weighted by molar-refractivity contribution is -0.121. The number of ether oxygens (including phenoxy) is 1. The van der Waals surface area contributed by atoms with Crippen LogP contribution in [-0.2, 0) is 22.6 Å². The Morgan fingerprint density at radius 2 is 1.57 bits per heavy atom. The molecule has 37 heavy (non-hydrogen) atoms. The zero-order chi connectivity index (χ0) is 26.5. The van der Waals surface area contributed by atoms with Crippen molar-refractivity contribution < 1.29 is 14.3 Å². The van der Waals surface area contributed by atoms with Crippen LogP contribution in [0.4, 0.5) is 5.69 Å². The van der Waals surface area contributed by atoms with Crippen LogP contribution in [-0.4, -0.2) is 34.1 Å². The molecule has 0 fully saturated rings. The number of methoxy groups -OCH3 is 1. The molecule has 3 aromatic carbocycles. The summed E-state index contributed by atoms with van der Waals surface area (Å²) >= 11 is 0. The van der Waals surface area contributed by atoms with Gasteiger partial charge in [0.2, 0.25) is 11.8 Å². The molecule has 0 spiro atoms. The lowest BCUT2D eigenvalue weighted by Gasteiger charge is -2.15. The van der Waals surface area contributed by atoms with E-state index in [1.807, 2.05) is 13.8 Å². The van der Waals surface area contributed by atoms with Crippen LogP contribution in [0.15, 0.2) is 82.4 Å². The molecule has 9 nitrogen and oxygen atoms in total. The molecule has 4 rings (SSSR count). The molecule has 0 saturated heterocycles. The minimum atomic E-state index is -0.640. The fourth-order valence-corrected chi connectivity index (χ4v) is 4.04. The van der Waals surface area contributed by atoms with Gasteiger partial charge in [-0.25, -0.2) is 9.36 Å². The van der Waals surface area contributed by atoms with Crippen LogP contribution in [0.1, 0.15) is 19.4 Å². The Hall–Kier alpha value is -4.66. The van der Waals surface area contributed by atoms with Gasteiger partial charge in [-0.05, 0) is 67.9 Å². The number of nitrogens with zero attached hydrogens (tertiary/aromatic N) is 2. The number of fused-ring (bicyclic) bond motifs is 1. The summed E-state index contributed by atoms with van der Waals surface area (Å²) in [4.78, 5) is 51.8. The average molecular weight is 501 g/mol. The second-order valence-corrected chi connectivity index (χ2v) is 8.87. The fourth-order valence-electron chi connectivity index (χ4n) is 4.04. The van der Waals surface area contributed by atoms with Crippen molar-refractivity contribution in [3.63, 3.8) is 0 Å². The number of nitrogens with one attached hydrogen (secondary N) is 2. The molecule has 0 aliphatic carbocycles. The van der Waals surface area contributed by atoms with E-state index in [2.05, 4.69) is 10.6 Å². The van der Waals surface area contributed by atoms with Crippen molar-refractivity contribution in [3.05, 3.63) is 99.2 Å². The van der Waals surface area contributed by atoms with Crippen molar-refractivity contribution in [2.75, 3.05) is 12.4 Å². The van der Waals surface area contributed by atoms with Crippen LogP contribution in [0.25, 0.3) is 16.6 Å². The van der Waals surface area contributed by atoms with Gasteiger partial charge in [0.05, 0.1) is 30.1 Å². The number of amides is 2. The third kappa shape index (κ3) is 5.78. The third-order valence-electron chi connectivity index (χ3n) is 5.73. The predicted molar refractivity (Wildman–Crippen MR) is 142 cm³/mol. The van der Waals surface area contributed by atoms with Gasteiger partial charge in [-0.1, -0.05) is 24.3 Å². The summed E-state index contributed by atoms with van der Waals surface area (Å²) in [7, 11) is 1.55. The third-order valence-corrected chi connectivity index (χ3v) is 5.73. The van der Waals surface area contributed by atoms with Crippen molar-refractivity contribution in [1.82, 2.24) is 14.5 Å². The summed E-state index contributed by atoms with van der Waals surface area (Å²) in [5, 5.41) is 5.91. The number of aromatic nitrogens is 2. The van der Waals surface area contributed by atoms with Crippen LogP contribution in [0.3, 0.4) is 0 Å². The maximum atomic E-state index is 13.5. The summed E-state index contributed by atoms with van der Waals surface area (Å²) in [5.74, 6) is 0.115. The molecule has 0 aliphatic rings. The highest BCUT2D eigenvalue weighted by atomic mass is 16.5. The number of anilines is 1. The number of benzene rings is 3. The summed E-state index contributed by atoms with van der Waals surface area (Å²) in [6.45, 7) is 3.48. The molecule has 1 heterocycles. The van der Waals surface area contributed by atoms with Crippen molar-refractivity contribution in [2.45, 2.75) is 32.9 Å². The molecule has 2 N–H and O–H groups in total. The van der Waals surface area contributed by atoms with Gasteiger partial charge in [0.15, 0.2) is 0 Å². The molecule has 190 valence electrons. The Labute approximate surface area is 213 Å². The van der Waals surface area contributed by atoms with E-state index >= 15 is 0 Å². The molecule has 4 aromatic rings. The number of carbonyl (C=O) groups excluding carboxylic acids is 2. The second-order valence-electron chi connectivity index (χ2n) is 8.87. The van der Waals surface area contributed by atoms with Crippen LogP contribution >= 0.6 is 0 Å². The number of rotatable bonds is 8. The molecule has 0 saturated carbocycles. The zero-order valence-corrected chi connectivity index (χ0v) is 20.9. The van der Waals surface area contributed by atoms with Crippen LogP contribution in [0, 0.1) is 0 Å². The van der Waals surface area contributed by atoms with Gasteiger partial charge in [-0.15, -0.1) is 0 Å². The Bertz CT molecular complexity index is 1550. The summed E-state index contributed by atoms with van der Waals surface area (Å²) < 4.78 is 7.45. The quantitative estimate of drug-likeness (QED) is 0.387. The first-order chi connectivity index (χ1) is 17.8. The second kappa shape index (κ2) is 10.9. The van der Waals surface area contributed by atoms with Crippen molar-refractivity contribution >= 4 is 28.4 Å². The van der Waals surface area contributed by atoms with Crippen molar-refractivity contribution in [2.24, 2.45) is 0 Å². The monoisotopic (exact) mass is 500 g/mol. The largest absolute Gasteiger partial charge is 0.497 e. The first kappa shape index (κ1) is 25.4. The smallest absolute Gasteiger partial charge is 0.336 e. The number of carbonyl (C=O) groups is 2. The summed E-state index contributed by atoms with van der Waals surface area (Å²) in [5.41, 5.74) is 0.874. The maximum Gasteiger partial charge on any atom is 0.336 e. The lowest BCUT2D eigenvalue weighted by Crippen LogP contribution is -2.40. The highest BCUT2D eigenvalue weighted by Crippen LogP contribution is 2.16. The van der Waals surface area contributed by atoms with Crippen LogP contribution < -0.4 is 26.6 Å². The van der Waals surface area contributed by atoms with Gasteiger partial charge in [-0.2, -0.15) is 0 Å². The predicted octanol–water partition coefficient (Wildman–Crippen LogP) is 2.87. The topological polar surface area (TPSA) is 111 Å². The number of hydrogen-bond acceptors (Lipinski definition) is 5. The van der Waals surface area contributed by atoms with Gasteiger partial charge in [0.1, 0.15) is 12.3 Å². The summed E-state index contributed by atoms with van der Waals surface area (Å²) in [6.07, 6.45) is 0.181. The van der Waals surface area contributed by atoms with E-state index in [1.54, 1.807) is 79.9 Å². The maximum absolute atomic E-state index is 13.5. The molecule has 9 heteroatoms. The van der Waals surface area contributed by atoms with E-state index in [-0.39, 0.29) is 24.9 Å². The molecule has 0 radical (unpaired) electrons. The Balaban J connectivity index is 1.68. The Kier molecular flexibility index (Phi) is 7.52. The average Bonchev–Trinajstić information content (AvgIpc) is 2.87. The lowest BCUT2D eigenvalue weighted by atomic mass is 10.1. The Morgan fingerprint density at radius 1 is 0.892 bits per heavy atom. The van der Waals surface area contributed by atoms with E-state index in [1.165, 1.54) is 4.57 Å². The van der Waals surface area contributed by atoms with E-state index < -0.39 is 17.2 Å². The fraction of sp³-hybridized carbons (Fsp3) is 0.214. The normalized spacial score (nSPS) is 10.9. The van der Waals surface area contributed by atoms with E-state index in [9.17, 15) is 19.2 Å². The first-order valence-electron chi connectivity index (χ1n) is 11.8. The molecule has 1 aromatic heterocycles. The Morgan fingerprint density at radius 3 is 2.22 bits per heavy atom. The minimum absolute atomic E-state index is 0.0309. The van der Waals surface area contributed by atoms with Gasteiger partial charge in [0, 0.05) is 11.7 Å². The molecule has 2 amide bonds. The van der Waals surface area contributed by atoms with E-state index in [4.69, 9.17) is 4.74 Å². The van der Waals surface area contributed by atoms with Gasteiger partial charge < -0.3 is 15.4 Å². The standard InChI is InChI=1S/C28H28N4O5/c1-18(2)29-25(33)16-19-8-12-21(13-9-19)32-27(35)23-6-4-5-7-24(23)31(28(32)36)17-26(34)30-20-10-14-22(37-3)15-11-20/h4-15,18H,16-17H2,1-3H3,(H,29,33)(H,30,34). The molecule has 0 atom stereocenters. The van der Waals surface area contributed by atoms with Gasteiger partial charge in [0.25, 0.3) is 5.56 Å². The summed E-state index contributed by atoms with van der Waals surface area (Å²) in [6, 6.07) is 20.2. The van der Waals surface area contributed by atoms with Crippen LogP contribution in [0.2, 0.25) is 0 Å². The van der Waals surface area contributed by atoms with E-state index in [0.29, 0.717) is 28.0 Å². The van der Waals surface area contributed by atoms with Crippen molar-refractivity contribution in [1.29, 1.82) is 0 Å². The highest BCUT2D eigenvalue weighted by Gasteiger charge is 2.17. The number of hydrogen-bond donors (Lipinski definition) is 2. The van der Waals surface area contributed by atoms with Crippen molar-refractivity contribution in [3.8, 4) is 11.4 Å². The zero-order valence-electron chi connectivity index (χ0n) is 20.9. The molecular formula is C28H28N4O5. The van der Waals surface area contributed by atoms with Crippen LogP contribution in [0.5, 0.6) is 5.75 Å². The molecular weight excluding hydrogens is 472 g/mol. The molecule has 0 aliphatic heterocycles. The minimum Gasteiger partial charge on any atom is -0.497 e. The SMILES string of the molecule is COc1ccc(NC(=O)Cn2c(=O)n(-c3ccc(CC(=O)NC(C)C)cc3)c(=O)c3ccccc32)cc1. The molecule has 0 unspecified atom stereocenters. The number of para-hydroxylation sites is 1. The van der Waals surface area contributed by atoms with Gasteiger partial charge >= 0.3 is 5.69 Å².